The van der Waals surface area contributed by atoms with Gasteiger partial charge in [0, 0.05) is 6.04 Å². The van der Waals surface area contributed by atoms with E-state index in [9.17, 15) is 9.90 Å². The number of aromatic hydroxyl groups is 1. The first-order valence-corrected chi connectivity index (χ1v) is 4.06. The lowest BCUT2D eigenvalue weighted by atomic mass is 10.0. The number of hydrogen-bond donors (Lipinski definition) is 4. The van der Waals surface area contributed by atoms with Crippen molar-refractivity contribution in [1.29, 1.82) is 0 Å². The van der Waals surface area contributed by atoms with E-state index in [4.69, 9.17) is 16.6 Å². The quantitative estimate of drug-likeness (QED) is 0.414. The van der Waals surface area contributed by atoms with Crippen molar-refractivity contribution in [3.63, 3.8) is 0 Å². The summed E-state index contributed by atoms with van der Waals surface area (Å²) >= 11 is 0. The number of rotatable bonds is 3. The Balaban J connectivity index is 2.85. The fourth-order valence-corrected chi connectivity index (χ4v) is 1.10. The van der Waals surface area contributed by atoms with Gasteiger partial charge in [0.1, 0.15) is 5.75 Å². The van der Waals surface area contributed by atoms with Crippen LogP contribution in [0, 0.1) is 0 Å². The lowest BCUT2D eigenvalue weighted by Gasteiger charge is -2.10. The Morgan fingerprint density at radius 3 is 2.64 bits per heavy atom. The van der Waals surface area contributed by atoms with Crippen molar-refractivity contribution in [3.8, 4) is 5.75 Å². The summed E-state index contributed by atoms with van der Waals surface area (Å²) in [5, 5.41) is 17.8. The largest absolute Gasteiger partial charge is 0.506 e. The molecule has 0 fully saturated rings. The highest BCUT2D eigenvalue weighted by Crippen LogP contribution is 2.24. The minimum atomic E-state index is -0.978. The van der Waals surface area contributed by atoms with Crippen LogP contribution < -0.4 is 11.5 Å². The van der Waals surface area contributed by atoms with Gasteiger partial charge in [0.05, 0.1) is 12.1 Å². The van der Waals surface area contributed by atoms with E-state index in [0.29, 0.717) is 5.56 Å². The molecule has 6 N–H and O–H groups in total. The molecule has 0 saturated carbocycles. The number of carboxylic acid groups (broad SMARTS) is 1. The van der Waals surface area contributed by atoms with Crippen LogP contribution in [-0.2, 0) is 4.79 Å². The molecule has 1 atom stereocenters. The number of nitrogens with two attached hydrogens (primary N) is 2. The number of carbonyl (C=O) groups is 1. The summed E-state index contributed by atoms with van der Waals surface area (Å²) in [7, 11) is 0. The zero-order valence-electron chi connectivity index (χ0n) is 7.47. The summed E-state index contributed by atoms with van der Waals surface area (Å²) in [5.41, 5.74) is 11.8. The maximum absolute atomic E-state index is 10.4. The number of phenolic OH excluding ortho intramolecular Hbond substituents is 1. The van der Waals surface area contributed by atoms with Crippen molar-refractivity contribution in [2.75, 3.05) is 5.73 Å². The van der Waals surface area contributed by atoms with Crippen LogP contribution in [0.15, 0.2) is 18.2 Å². The zero-order valence-corrected chi connectivity index (χ0v) is 7.47. The Kier molecular flexibility index (Phi) is 2.93. The van der Waals surface area contributed by atoms with Gasteiger partial charge in [-0.25, -0.2) is 0 Å². The number of hydrogen-bond acceptors (Lipinski definition) is 4. The molecular formula is C9H12N2O3. The highest BCUT2D eigenvalue weighted by atomic mass is 16.4. The highest BCUT2D eigenvalue weighted by Gasteiger charge is 2.11. The monoisotopic (exact) mass is 196 g/mol. The summed E-state index contributed by atoms with van der Waals surface area (Å²) in [5.74, 6) is -1.06. The van der Waals surface area contributed by atoms with Crippen molar-refractivity contribution in [3.05, 3.63) is 23.8 Å². The Morgan fingerprint density at radius 1 is 1.50 bits per heavy atom. The molecule has 0 unspecified atom stereocenters. The second kappa shape index (κ2) is 3.97. The van der Waals surface area contributed by atoms with Gasteiger partial charge in [-0.3, -0.25) is 4.79 Å². The SMILES string of the molecule is Nc1ccc([C@H](N)CC(=O)O)cc1O. The molecule has 1 aromatic rings. The van der Waals surface area contributed by atoms with E-state index in [1.807, 2.05) is 0 Å². The zero-order chi connectivity index (χ0) is 10.7. The Morgan fingerprint density at radius 2 is 2.14 bits per heavy atom. The van der Waals surface area contributed by atoms with Gasteiger partial charge in [-0.2, -0.15) is 0 Å². The minimum Gasteiger partial charge on any atom is -0.506 e. The first-order chi connectivity index (χ1) is 6.50. The summed E-state index contributed by atoms with van der Waals surface area (Å²) in [6.45, 7) is 0. The summed E-state index contributed by atoms with van der Waals surface area (Å²) in [6.07, 6.45) is -0.177. The fraction of sp³-hybridized carbons (Fsp3) is 0.222. The number of phenols is 1. The molecule has 5 nitrogen and oxygen atoms in total. The molecule has 1 aromatic carbocycles. The second-order valence-corrected chi connectivity index (χ2v) is 3.02. The molecule has 1 rings (SSSR count). The van der Waals surface area contributed by atoms with Gasteiger partial charge in [-0.15, -0.1) is 0 Å². The summed E-state index contributed by atoms with van der Waals surface area (Å²) < 4.78 is 0. The van der Waals surface area contributed by atoms with Gasteiger partial charge in [0.25, 0.3) is 0 Å². The van der Waals surface area contributed by atoms with Crippen molar-refractivity contribution >= 4 is 11.7 Å². The second-order valence-electron chi connectivity index (χ2n) is 3.02. The van der Waals surface area contributed by atoms with Crippen LogP contribution in [0.1, 0.15) is 18.0 Å². The first kappa shape index (κ1) is 10.3. The summed E-state index contributed by atoms with van der Waals surface area (Å²) in [4.78, 5) is 10.4. The van der Waals surface area contributed by atoms with Crippen molar-refractivity contribution in [2.24, 2.45) is 5.73 Å². The van der Waals surface area contributed by atoms with E-state index in [0.717, 1.165) is 0 Å². The number of carboxylic acids is 1. The minimum absolute atomic E-state index is 0.0802. The molecule has 5 heteroatoms. The third-order valence-corrected chi connectivity index (χ3v) is 1.88. The molecule has 76 valence electrons. The molecule has 14 heavy (non-hydrogen) atoms. The van der Waals surface area contributed by atoms with Crippen molar-refractivity contribution in [2.45, 2.75) is 12.5 Å². The number of benzene rings is 1. The molecule has 0 aliphatic heterocycles. The van der Waals surface area contributed by atoms with Crippen LogP contribution in [0.3, 0.4) is 0 Å². The van der Waals surface area contributed by atoms with Crippen LogP contribution >= 0.6 is 0 Å². The highest BCUT2D eigenvalue weighted by molar-refractivity contribution is 5.68. The molecular weight excluding hydrogens is 184 g/mol. The lowest BCUT2D eigenvalue weighted by molar-refractivity contribution is -0.137. The normalized spacial score (nSPS) is 12.4. The molecule has 0 amide bonds. The van der Waals surface area contributed by atoms with E-state index in [1.54, 1.807) is 6.07 Å². The molecule has 0 heterocycles. The molecule has 0 aliphatic rings. The first-order valence-electron chi connectivity index (χ1n) is 4.06. The van der Waals surface area contributed by atoms with Gasteiger partial charge in [-0.05, 0) is 17.7 Å². The van der Waals surface area contributed by atoms with Crippen LogP contribution in [0.4, 0.5) is 5.69 Å². The standard InChI is InChI=1S/C9H12N2O3/c10-6-2-1-5(3-8(6)12)7(11)4-9(13)14/h1-3,7,12H,4,10-11H2,(H,13,14)/t7-/m1/s1. The van der Waals surface area contributed by atoms with E-state index in [-0.39, 0.29) is 17.9 Å². The average molecular weight is 196 g/mol. The van der Waals surface area contributed by atoms with E-state index < -0.39 is 12.0 Å². The molecule has 0 aliphatic carbocycles. The topological polar surface area (TPSA) is 110 Å². The Labute approximate surface area is 81.0 Å². The van der Waals surface area contributed by atoms with Crippen LogP contribution in [0.25, 0.3) is 0 Å². The molecule has 0 radical (unpaired) electrons. The van der Waals surface area contributed by atoms with Gasteiger partial charge in [0.15, 0.2) is 0 Å². The third kappa shape index (κ3) is 2.37. The molecule has 0 saturated heterocycles. The maximum Gasteiger partial charge on any atom is 0.305 e. The van der Waals surface area contributed by atoms with E-state index in [1.165, 1.54) is 12.1 Å². The predicted molar refractivity (Wildman–Crippen MR) is 51.7 cm³/mol. The number of anilines is 1. The van der Waals surface area contributed by atoms with Crippen molar-refractivity contribution < 1.29 is 15.0 Å². The molecule has 0 bridgehead atoms. The Bertz CT molecular complexity index is 352. The maximum atomic E-state index is 10.4. The van der Waals surface area contributed by atoms with Crippen LogP contribution in [0.5, 0.6) is 5.75 Å². The average Bonchev–Trinajstić information content (AvgIpc) is 2.08. The number of aliphatic carboxylic acids is 1. The summed E-state index contributed by atoms with van der Waals surface area (Å²) in [6, 6.07) is 3.84. The molecule has 0 aromatic heterocycles. The predicted octanol–water partition coefficient (Wildman–Crippen LogP) is 0.449. The van der Waals surface area contributed by atoms with Crippen LogP contribution in [0.2, 0.25) is 0 Å². The van der Waals surface area contributed by atoms with E-state index in [2.05, 4.69) is 0 Å². The van der Waals surface area contributed by atoms with Crippen LogP contribution in [-0.4, -0.2) is 16.2 Å². The van der Waals surface area contributed by atoms with Gasteiger partial charge >= 0.3 is 5.97 Å². The Hall–Kier alpha value is -1.75. The smallest absolute Gasteiger partial charge is 0.305 e. The van der Waals surface area contributed by atoms with E-state index >= 15 is 0 Å². The van der Waals surface area contributed by atoms with Gasteiger partial charge in [-0.1, -0.05) is 6.07 Å². The fourth-order valence-electron chi connectivity index (χ4n) is 1.10. The third-order valence-electron chi connectivity index (χ3n) is 1.88. The van der Waals surface area contributed by atoms with Crippen molar-refractivity contribution in [1.82, 2.24) is 0 Å². The van der Waals surface area contributed by atoms with Gasteiger partial charge in [0.2, 0.25) is 0 Å². The lowest BCUT2D eigenvalue weighted by Crippen LogP contribution is -2.14. The molecule has 0 spiro atoms. The van der Waals surface area contributed by atoms with Gasteiger partial charge < -0.3 is 21.7 Å². The number of nitrogen functional groups attached to an aromatic ring is 1.